The molecule has 2 aromatic carbocycles. The van der Waals surface area contributed by atoms with Gasteiger partial charge in [-0.15, -0.1) is 0 Å². The fraction of sp³-hybridized carbons (Fsp3) is 0.615. The highest BCUT2D eigenvalue weighted by molar-refractivity contribution is 5.87. The highest BCUT2D eigenvalue weighted by atomic mass is 19.4. The first kappa shape index (κ1) is 36.2. The second-order valence-electron chi connectivity index (χ2n) is 15.2. The Labute approximate surface area is 283 Å². The summed E-state index contributed by atoms with van der Waals surface area (Å²) >= 11 is 0. The molecule has 0 heterocycles. The Kier molecular flexibility index (Phi) is 12.2. The third kappa shape index (κ3) is 10.0. The van der Waals surface area contributed by atoms with Crippen molar-refractivity contribution in [3.63, 3.8) is 0 Å². The third-order valence-electron chi connectivity index (χ3n) is 11.1. The van der Waals surface area contributed by atoms with Crippen LogP contribution in [0.5, 0.6) is 0 Å². The van der Waals surface area contributed by atoms with Crippen LogP contribution in [0.1, 0.15) is 93.7 Å². The molecule has 6 nitrogen and oxygen atoms in total. The Morgan fingerprint density at radius 3 is 2.08 bits per heavy atom. The van der Waals surface area contributed by atoms with Gasteiger partial charge in [-0.2, -0.15) is 13.2 Å². The fourth-order valence-corrected chi connectivity index (χ4v) is 9.20. The van der Waals surface area contributed by atoms with Crippen molar-refractivity contribution in [2.75, 3.05) is 19.6 Å². The summed E-state index contributed by atoms with van der Waals surface area (Å²) in [6.45, 7) is 0.743. The molecule has 48 heavy (non-hydrogen) atoms. The Balaban J connectivity index is 1.31. The lowest BCUT2D eigenvalue weighted by Crippen LogP contribution is -2.49. The molecule has 4 aliphatic rings. The number of hydrogen-bond acceptors (Lipinski definition) is 5. The number of hydrogen-bond donors (Lipinski definition) is 2. The number of carbonyl (C=O) groups excluding carboxylic acids is 3. The van der Waals surface area contributed by atoms with Crippen LogP contribution in [0.15, 0.2) is 54.6 Å². The molecule has 0 radical (unpaired) electrons. The highest BCUT2D eigenvalue weighted by Gasteiger charge is 2.52. The molecular weight excluding hydrogens is 615 g/mol. The molecule has 0 saturated heterocycles. The maximum atomic E-state index is 14.3. The van der Waals surface area contributed by atoms with Crippen molar-refractivity contribution in [3.8, 4) is 0 Å². The van der Waals surface area contributed by atoms with Gasteiger partial charge in [0.1, 0.15) is 5.78 Å². The second kappa shape index (κ2) is 16.1. The summed E-state index contributed by atoms with van der Waals surface area (Å²) < 4.78 is 39.1. The number of aryl methyl sites for hydroxylation is 1. The number of rotatable bonds is 18. The third-order valence-corrected chi connectivity index (χ3v) is 11.1. The smallest absolute Gasteiger partial charge is 0.335 e. The summed E-state index contributed by atoms with van der Waals surface area (Å²) in [4.78, 5) is 42.8. The van der Waals surface area contributed by atoms with Gasteiger partial charge in [0.15, 0.2) is 5.78 Å². The van der Waals surface area contributed by atoms with Crippen molar-refractivity contribution in [3.05, 3.63) is 71.3 Å². The number of alkyl halides is 3. The van der Waals surface area contributed by atoms with Crippen molar-refractivity contribution in [2.24, 2.45) is 40.6 Å². The van der Waals surface area contributed by atoms with E-state index in [-0.39, 0.29) is 61.2 Å². The van der Waals surface area contributed by atoms with E-state index in [0.29, 0.717) is 49.1 Å². The van der Waals surface area contributed by atoms with Crippen molar-refractivity contribution >= 4 is 17.5 Å². The van der Waals surface area contributed by atoms with Crippen LogP contribution in [-0.2, 0) is 33.4 Å². The molecule has 4 fully saturated rings. The molecule has 262 valence electrons. The number of nitrogens with two attached hydrogens (primary N) is 2. The summed E-state index contributed by atoms with van der Waals surface area (Å²) in [6.07, 6.45) is 6.35. The van der Waals surface area contributed by atoms with Gasteiger partial charge in [0.05, 0.1) is 18.2 Å². The first-order valence-corrected chi connectivity index (χ1v) is 17.9. The van der Waals surface area contributed by atoms with Gasteiger partial charge in [-0.25, -0.2) is 0 Å². The number of nitrogens with zero attached hydrogens (tertiary/aromatic N) is 1. The number of benzene rings is 2. The van der Waals surface area contributed by atoms with Crippen LogP contribution in [0.4, 0.5) is 13.2 Å². The SMILES string of the molecule is NCCCC[C@H](N)C(=O)C[C@@H](Cc1ccccc1)CN(CC(=O)CCc1ccc(C(F)(F)F)cc1)C(=O)CC12CC3CC(CC(C3)C1)C2. The lowest BCUT2D eigenvalue weighted by Gasteiger charge is -2.57. The Morgan fingerprint density at radius 2 is 1.50 bits per heavy atom. The number of amides is 1. The van der Waals surface area contributed by atoms with E-state index in [9.17, 15) is 27.6 Å². The zero-order valence-corrected chi connectivity index (χ0v) is 28.1. The van der Waals surface area contributed by atoms with Crippen molar-refractivity contribution in [1.82, 2.24) is 4.90 Å². The average Bonchev–Trinajstić information content (AvgIpc) is 3.03. The molecule has 0 spiro atoms. The largest absolute Gasteiger partial charge is 0.416 e. The molecule has 9 heteroatoms. The molecule has 0 aromatic heterocycles. The maximum Gasteiger partial charge on any atom is 0.416 e. The number of halogens is 3. The standard InChI is InChI=1S/C39H52F3N3O3/c40-39(41,42)33-12-9-27(10-13-33)11-14-34(46)26-45(37(48)24-38-21-29-17-30(22-38)19-31(18-29)23-38)25-32(16-28-6-2-1-3-7-28)20-36(47)35(44)8-4-5-15-43/h1-3,6-7,9-10,12-13,29-32,35H,4-5,8,11,14-26,43-44H2/t29?,30?,31?,32-,35+,38?/m1/s1. The van der Waals surface area contributed by atoms with Crippen LogP contribution < -0.4 is 11.5 Å². The number of carbonyl (C=O) groups is 3. The van der Waals surface area contributed by atoms with E-state index in [4.69, 9.17) is 11.5 Å². The summed E-state index contributed by atoms with van der Waals surface area (Å²) in [5.41, 5.74) is 12.9. The predicted molar refractivity (Wildman–Crippen MR) is 181 cm³/mol. The van der Waals surface area contributed by atoms with Crippen molar-refractivity contribution in [1.29, 1.82) is 0 Å². The lowest BCUT2D eigenvalue weighted by atomic mass is 9.49. The summed E-state index contributed by atoms with van der Waals surface area (Å²) in [5.74, 6) is 1.62. The van der Waals surface area contributed by atoms with E-state index < -0.39 is 17.8 Å². The Morgan fingerprint density at radius 1 is 0.875 bits per heavy atom. The summed E-state index contributed by atoms with van der Waals surface area (Å²) in [6, 6.07) is 14.1. The molecule has 6 rings (SSSR count). The summed E-state index contributed by atoms with van der Waals surface area (Å²) in [7, 11) is 0. The minimum absolute atomic E-state index is 0.0105. The fourth-order valence-electron chi connectivity index (χ4n) is 9.20. The van der Waals surface area contributed by atoms with Crippen LogP contribution in [0, 0.1) is 29.1 Å². The van der Waals surface area contributed by atoms with E-state index in [0.717, 1.165) is 49.8 Å². The molecule has 2 atom stereocenters. The van der Waals surface area contributed by atoms with Crippen molar-refractivity contribution in [2.45, 2.75) is 102 Å². The topological polar surface area (TPSA) is 106 Å². The molecule has 4 N–H and O–H groups in total. The molecule has 0 aliphatic heterocycles. The van der Waals surface area contributed by atoms with Crippen LogP contribution in [0.2, 0.25) is 0 Å². The zero-order chi connectivity index (χ0) is 34.3. The monoisotopic (exact) mass is 667 g/mol. The molecule has 2 aromatic rings. The number of unbranched alkanes of at least 4 members (excludes halogenated alkanes) is 1. The van der Waals surface area contributed by atoms with Gasteiger partial charge in [0.25, 0.3) is 0 Å². The molecule has 1 amide bonds. The van der Waals surface area contributed by atoms with Gasteiger partial charge in [0, 0.05) is 25.8 Å². The van der Waals surface area contributed by atoms with Crippen LogP contribution in [-0.4, -0.2) is 48.0 Å². The Hall–Kier alpha value is -3.04. The van der Waals surface area contributed by atoms with Gasteiger partial charge in [-0.1, -0.05) is 48.9 Å². The van der Waals surface area contributed by atoms with Gasteiger partial charge < -0.3 is 16.4 Å². The quantitative estimate of drug-likeness (QED) is 0.168. The van der Waals surface area contributed by atoms with Gasteiger partial charge in [0.2, 0.25) is 5.91 Å². The molecule has 4 bridgehead atoms. The lowest BCUT2D eigenvalue weighted by molar-refractivity contribution is -0.143. The summed E-state index contributed by atoms with van der Waals surface area (Å²) in [5, 5.41) is 0. The minimum atomic E-state index is -4.42. The van der Waals surface area contributed by atoms with Crippen LogP contribution in [0.25, 0.3) is 0 Å². The second-order valence-corrected chi connectivity index (χ2v) is 15.2. The molecule has 4 saturated carbocycles. The van der Waals surface area contributed by atoms with Crippen LogP contribution >= 0.6 is 0 Å². The molecule has 0 unspecified atom stereocenters. The average molecular weight is 668 g/mol. The molecular formula is C39H52F3N3O3. The van der Waals surface area contributed by atoms with E-state index in [1.807, 2.05) is 30.3 Å². The van der Waals surface area contributed by atoms with Gasteiger partial charge in [-0.3, -0.25) is 14.4 Å². The highest BCUT2D eigenvalue weighted by Crippen LogP contribution is 2.61. The number of Topliss-reactive ketones (excluding diaryl/α,β-unsaturated/α-hetero) is 2. The van der Waals surface area contributed by atoms with E-state index in [2.05, 4.69) is 0 Å². The van der Waals surface area contributed by atoms with E-state index in [1.54, 1.807) is 4.90 Å². The normalized spacial score (nSPS) is 24.3. The van der Waals surface area contributed by atoms with Crippen LogP contribution in [0.3, 0.4) is 0 Å². The van der Waals surface area contributed by atoms with Gasteiger partial charge >= 0.3 is 6.18 Å². The molecule has 4 aliphatic carbocycles. The minimum Gasteiger partial charge on any atom is -0.335 e. The predicted octanol–water partition coefficient (Wildman–Crippen LogP) is 6.92. The zero-order valence-electron chi connectivity index (χ0n) is 28.1. The Bertz CT molecular complexity index is 1340. The van der Waals surface area contributed by atoms with Crippen molar-refractivity contribution < 1.29 is 27.6 Å². The first-order chi connectivity index (χ1) is 22.9. The van der Waals surface area contributed by atoms with E-state index >= 15 is 0 Å². The first-order valence-electron chi connectivity index (χ1n) is 17.9. The number of ketones is 2. The van der Waals surface area contributed by atoms with Gasteiger partial charge in [-0.05, 0) is 123 Å². The van der Waals surface area contributed by atoms with E-state index in [1.165, 1.54) is 31.4 Å². The maximum absolute atomic E-state index is 14.3.